The molecule has 110 valence electrons. The van der Waals surface area contributed by atoms with Crippen LogP contribution < -0.4 is 10.2 Å². The summed E-state index contributed by atoms with van der Waals surface area (Å²) in [5, 5.41) is 3.67. The van der Waals surface area contributed by atoms with Gasteiger partial charge in [-0.2, -0.15) is 0 Å². The van der Waals surface area contributed by atoms with Gasteiger partial charge in [-0.1, -0.05) is 0 Å². The summed E-state index contributed by atoms with van der Waals surface area (Å²) in [5.74, 6) is 0.646. The summed E-state index contributed by atoms with van der Waals surface area (Å²) in [5.41, 5.74) is 4.00. The highest BCUT2D eigenvalue weighted by Crippen LogP contribution is 2.27. The van der Waals surface area contributed by atoms with Gasteiger partial charge in [0.25, 0.3) is 0 Å². The van der Waals surface area contributed by atoms with Crippen molar-refractivity contribution in [1.82, 2.24) is 0 Å². The maximum Gasteiger partial charge on any atom is 0.0514 e. The molecule has 0 amide bonds. The first-order chi connectivity index (χ1) is 9.74. The standard InChI is InChI=1S/C17H26N2O/c1-13-11-16(19-8-3-4-9-19)5-6-17(13)18-14(2)15-7-10-20-12-15/h5-6,11,14-15,18H,3-4,7-10,12H2,1-2H3. The molecule has 0 aliphatic carbocycles. The average molecular weight is 274 g/mol. The van der Waals surface area contributed by atoms with Gasteiger partial charge >= 0.3 is 0 Å². The number of hydrogen-bond acceptors (Lipinski definition) is 3. The van der Waals surface area contributed by atoms with Crippen molar-refractivity contribution >= 4 is 11.4 Å². The number of aryl methyl sites for hydroxylation is 1. The van der Waals surface area contributed by atoms with Crippen LogP contribution in [0.15, 0.2) is 18.2 Å². The van der Waals surface area contributed by atoms with E-state index >= 15 is 0 Å². The highest BCUT2D eigenvalue weighted by Gasteiger charge is 2.22. The number of nitrogens with zero attached hydrogens (tertiary/aromatic N) is 1. The minimum atomic E-state index is 0.480. The summed E-state index contributed by atoms with van der Waals surface area (Å²) in [7, 11) is 0. The van der Waals surface area contributed by atoms with Crippen LogP contribution in [0, 0.1) is 12.8 Å². The Labute approximate surface area is 122 Å². The van der Waals surface area contributed by atoms with Crippen LogP contribution >= 0.6 is 0 Å². The van der Waals surface area contributed by atoms with Crippen molar-refractivity contribution < 1.29 is 4.74 Å². The summed E-state index contributed by atoms with van der Waals surface area (Å²) in [4.78, 5) is 2.49. The second kappa shape index (κ2) is 6.04. The molecule has 0 radical (unpaired) electrons. The number of ether oxygens (including phenoxy) is 1. The quantitative estimate of drug-likeness (QED) is 0.910. The van der Waals surface area contributed by atoms with E-state index < -0.39 is 0 Å². The van der Waals surface area contributed by atoms with E-state index in [-0.39, 0.29) is 0 Å². The molecule has 0 saturated carbocycles. The number of nitrogens with one attached hydrogen (secondary N) is 1. The normalized spacial score (nSPS) is 24.1. The second-order valence-corrected chi connectivity index (χ2v) is 6.25. The molecule has 0 bridgehead atoms. The van der Waals surface area contributed by atoms with E-state index in [1.165, 1.54) is 49.3 Å². The SMILES string of the molecule is Cc1cc(N2CCCC2)ccc1NC(C)C1CCOC1. The van der Waals surface area contributed by atoms with E-state index in [9.17, 15) is 0 Å². The Bertz CT molecular complexity index is 448. The largest absolute Gasteiger partial charge is 0.382 e. The zero-order valence-electron chi connectivity index (χ0n) is 12.7. The summed E-state index contributed by atoms with van der Waals surface area (Å²) < 4.78 is 5.49. The molecule has 20 heavy (non-hydrogen) atoms. The third kappa shape index (κ3) is 2.93. The molecule has 3 nitrogen and oxygen atoms in total. The average Bonchev–Trinajstić information content (AvgIpc) is 3.14. The van der Waals surface area contributed by atoms with E-state index in [0.717, 1.165) is 13.2 Å². The molecule has 2 fully saturated rings. The maximum absolute atomic E-state index is 5.49. The first-order valence-corrected chi connectivity index (χ1v) is 7.94. The van der Waals surface area contributed by atoms with E-state index in [4.69, 9.17) is 4.74 Å². The lowest BCUT2D eigenvalue weighted by Gasteiger charge is -2.23. The highest BCUT2D eigenvalue weighted by molar-refractivity contribution is 5.60. The molecular formula is C17H26N2O. The predicted molar refractivity (Wildman–Crippen MR) is 84.6 cm³/mol. The van der Waals surface area contributed by atoms with Gasteiger partial charge in [0.05, 0.1) is 6.61 Å². The Morgan fingerprint density at radius 1 is 1.30 bits per heavy atom. The molecule has 0 aromatic heterocycles. The molecule has 0 spiro atoms. The van der Waals surface area contributed by atoms with Crippen molar-refractivity contribution in [2.75, 3.05) is 36.5 Å². The van der Waals surface area contributed by atoms with Crippen molar-refractivity contribution in [3.05, 3.63) is 23.8 Å². The van der Waals surface area contributed by atoms with Gasteiger partial charge in [0, 0.05) is 43.0 Å². The van der Waals surface area contributed by atoms with Crippen molar-refractivity contribution in [3.63, 3.8) is 0 Å². The van der Waals surface area contributed by atoms with Crippen molar-refractivity contribution in [1.29, 1.82) is 0 Å². The van der Waals surface area contributed by atoms with Crippen molar-refractivity contribution in [2.45, 2.75) is 39.2 Å². The number of rotatable bonds is 4. The molecule has 2 heterocycles. The smallest absolute Gasteiger partial charge is 0.0514 e. The summed E-state index contributed by atoms with van der Waals surface area (Å²) in [6.45, 7) is 8.72. The highest BCUT2D eigenvalue weighted by atomic mass is 16.5. The van der Waals surface area contributed by atoms with Crippen LogP contribution in [0.2, 0.25) is 0 Å². The Kier molecular flexibility index (Phi) is 4.16. The van der Waals surface area contributed by atoms with Crippen LogP contribution in [0.4, 0.5) is 11.4 Å². The first-order valence-electron chi connectivity index (χ1n) is 7.94. The van der Waals surface area contributed by atoms with Gasteiger partial charge in [0.15, 0.2) is 0 Å². The van der Waals surface area contributed by atoms with Crippen LogP contribution in [0.25, 0.3) is 0 Å². The second-order valence-electron chi connectivity index (χ2n) is 6.25. The first kappa shape index (κ1) is 13.7. The zero-order chi connectivity index (χ0) is 13.9. The summed E-state index contributed by atoms with van der Waals surface area (Å²) in [6.07, 6.45) is 3.84. The Morgan fingerprint density at radius 3 is 2.75 bits per heavy atom. The minimum absolute atomic E-state index is 0.480. The Morgan fingerprint density at radius 2 is 2.10 bits per heavy atom. The van der Waals surface area contributed by atoms with Crippen LogP contribution in [0.1, 0.15) is 31.7 Å². The molecule has 1 aromatic carbocycles. The minimum Gasteiger partial charge on any atom is -0.382 e. The van der Waals surface area contributed by atoms with E-state index in [2.05, 4.69) is 42.3 Å². The lowest BCUT2D eigenvalue weighted by atomic mass is 10.00. The Hall–Kier alpha value is -1.22. The van der Waals surface area contributed by atoms with Crippen molar-refractivity contribution in [3.8, 4) is 0 Å². The number of anilines is 2. The molecule has 2 unspecified atom stereocenters. The molecular weight excluding hydrogens is 248 g/mol. The molecule has 3 heteroatoms. The van der Waals surface area contributed by atoms with Crippen LogP contribution in [0.5, 0.6) is 0 Å². The molecule has 1 aromatic rings. The molecule has 2 aliphatic rings. The van der Waals surface area contributed by atoms with Gasteiger partial charge in [0.2, 0.25) is 0 Å². The van der Waals surface area contributed by atoms with Crippen LogP contribution in [-0.2, 0) is 4.74 Å². The molecule has 2 atom stereocenters. The predicted octanol–water partition coefficient (Wildman–Crippen LogP) is 3.43. The van der Waals surface area contributed by atoms with E-state index in [1.54, 1.807) is 0 Å². The fraction of sp³-hybridized carbons (Fsp3) is 0.647. The third-order valence-electron chi connectivity index (χ3n) is 4.74. The van der Waals surface area contributed by atoms with Crippen LogP contribution in [-0.4, -0.2) is 32.3 Å². The molecule has 3 rings (SSSR count). The lowest BCUT2D eigenvalue weighted by molar-refractivity contribution is 0.183. The lowest BCUT2D eigenvalue weighted by Crippen LogP contribution is -2.26. The van der Waals surface area contributed by atoms with Crippen molar-refractivity contribution in [2.24, 2.45) is 5.92 Å². The van der Waals surface area contributed by atoms with E-state index in [1.807, 2.05) is 0 Å². The molecule has 1 N–H and O–H groups in total. The van der Waals surface area contributed by atoms with Gasteiger partial charge in [-0.25, -0.2) is 0 Å². The Balaban J connectivity index is 1.67. The topological polar surface area (TPSA) is 24.5 Å². The summed E-state index contributed by atoms with van der Waals surface area (Å²) in [6, 6.07) is 7.31. The monoisotopic (exact) mass is 274 g/mol. The summed E-state index contributed by atoms with van der Waals surface area (Å²) >= 11 is 0. The van der Waals surface area contributed by atoms with Gasteiger partial charge < -0.3 is 15.0 Å². The number of benzene rings is 1. The van der Waals surface area contributed by atoms with Gasteiger partial charge in [-0.3, -0.25) is 0 Å². The maximum atomic E-state index is 5.49. The fourth-order valence-corrected chi connectivity index (χ4v) is 3.29. The third-order valence-corrected chi connectivity index (χ3v) is 4.74. The van der Waals surface area contributed by atoms with Crippen LogP contribution in [0.3, 0.4) is 0 Å². The van der Waals surface area contributed by atoms with Gasteiger partial charge in [-0.05, 0) is 56.9 Å². The number of hydrogen-bond donors (Lipinski definition) is 1. The van der Waals surface area contributed by atoms with E-state index in [0.29, 0.717) is 12.0 Å². The van der Waals surface area contributed by atoms with Gasteiger partial charge in [-0.15, -0.1) is 0 Å². The zero-order valence-corrected chi connectivity index (χ0v) is 12.7. The molecule has 2 saturated heterocycles. The fourth-order valence-electron chi connectivity index (χ4n) is 3.29. The molecule has 2 aliphatic heterocycles. The van der Waals surface area contributed by atoms with Gasteiger partial charge in [0.1, 0.15) is 0 Å².